The molecule has 0 radical (unpaired) electrons. The first-order valence-electron chi connectivity index (χ1n) is 9.87. The predicted octanol–water partition coefficient (Wildman–Crippen LogP) is 3.79. The van der Waals surface area contributed by atoms with Gasteiger partial charge < -0.3 is 0 Å². The third-order valence-electron chi connectivity index (χ3n) is 4.60. The molecule has 0 saturated carbocycles. The molecule has 9 heteroatoms. The summed E-state index contributed by atoms with van der Waals surface area (Å²) in [5, 5.41) is 1.09. The van der Waals surface area contributed by atoms with Crippen LogP contribution in [0.5, 0.6) is 0 Å². The van der Waals surface area contributed by atoms with Crippen molar-refractivity contribution in [3.63, 3.8) is 0 Å². The van der Waals surface area contributed by atoms with Gasteiger partial charge in [0, 0.05) is 17.8 Å². The Hall–Kier alpha value is -2.65. The van der Waals surface area contributed by atoms with Gasteiger partial charge in [0.25, 0.3) is 5.56 Å². The van der Waals surface area contributed by atoms with E-state index in [4.69, 9.17) is 0 Å². The quantitative estimate of drug-likeness (QED) is 0.297. The molecule has 0 saturated heterocycles. The number of carbonyl (C=O) groups is 1. The number of benzene rings is 2. The Labute approximate surface area is 185 Å². The van der Waals surface area contributed by atoms with Gasteiger partial charge in [0.15, 0.2) is 10.9 Å². The Balaban J connectivity index is 1.81. The zero-order chi connectivity index (χ0) is 22.6. The third kappa shape index (κ3) is 6.18. The number of carbonyl (C=O) groups excluding carboxylic acids is 1. The van der Waals surface area contributed by atoms with Crippen molar-refractivity contribution < 1.29 is 13.2 Å². The molecule has 0 fully saturated rings. The molecule has 1 heterocycles. The number of fused-ring (bicyclic) bond motifs is 1. The highest BCUT2D eigenvalue weighted by Gasteiger charge is 2.15. The van der Waals surface area contributed by atoms with Crippen molar-refractivity contribution in [2.45, 2.75) is 32.0 Å². The van der Waals surface area contributed by atoms with Gasteiger partial charge in [-0.25, -0.2) is 13.4 Å². The molecule has 0 aliphatic rings. The number of ketones is 1. The van der Waals surface area contributed by atoms with Crippen molar-refractivity contribution in [1.82, 2.24) is 9.55 Å². The van der Waals surface area contributed by atoms with Gasteiger partial charge >= 0.3 is 0 Å². The fraction of sp³-hybridized carbons (Fsp3) is 0.318. The summed E-state index contributed by atoms with van der Waals surface area (Å²) < 4.78 is 26.6. The molecule has 1 N–H and O–H groups in total. The molecular formula is C22H25N3O4S2. The molecule has 164 valence electrons. The molecule has 0 bridgehead atoms. The SMILES string of the molecule is CC(C)CCn1c(SCC(=O)c2ccc(NS(C)(=O)=O)cc2)nc2ccccc2c1=O. The molecule has 0 atom stereocenters. The standard InChI is InChI=1S/C22H25N3O4S2/c1-15(2)12-13-25-21(27)18-6-4-5-7-19(18)23-22(25)30-14-20(26)16-8-10-17(11-9-16)24-31(3,28)29/h4-11,15,24H,12-14H2,1-3H3. The highest BCUT2D eigenvalue weighted by atomic mass is 32.2. The van der Waals surface area contributed by atoms with E-state index in [1.165, 1.54) is 11.8 Å². The number of nitrogens with one attached hydrogen (secondary N) is 1. The number of hydrogen-bond acceptors (Lipinski definition) is 6. The summed E-state index contributed by atoms with van der Waals surface area (Å²) >= 11 is 1.24. The van der Waals surface area contributed by atoms with Crippen LogP contribution in [0.15, 0.2) is 58.5 Å². The van der Waals surface area contributed by atoms with Crippen molar-refractivity contribution in [3.05, 3.63) is 64.4 Å². The van der Waals surface area contributed by atoms with E-state index < -0.39 is 10.0 Å². The van der Waals surface area contributed by atoms with Crippen LogP contribution in [0.1, 0.15) is 30.6 Å². The molecule has 7 nitrogen and oxygen atoms in total. The highest BCUT2D eigenvalue weighted by molar-refractivity contribution is 7.99. The van der Waals surface area contributed by atoms with E-state index in [-0.39, 0.29) is 17.1 Å². The fourth-order valence-corrected chi connectivity index (χ4v) is 4.48. The lowest BCUT2D eigenvalue weighted by Crippen LogP contribution is -2.24. The molecule has 0 aliphatic heterocycles. The van der Waals surface area contributed by atoms with Gasteiger partial charge in [0.05, 0.1) is 22.9 Å². The Bertz CT molecular complexity index is 1250. The highest BCUT2D eigenvalue weighted by Crippen LogP contribution is 2.21. The molecule has 31 heavy (non-hydrogen) atoms. The minimum Gasteiger partial charge on any atom is -0.293 e. The van der Waals surface area contributed by atoms with E-state index in [2.05, 4.69) is 23.6 Å². The van der Waals surface area contributed by atoms with Crippen molar-refractivity contribution in [1.29, 1.82) is 0 Å². The lowest BCUT2D eigenvalue weighted by molar-refractivity contribution is 0.102. The van der Waals surface area contributed by atoms with Crippen LogP contribution in [0.4, 0.5) is 5.69 Å². The zero-order valence-electron chi connectivity index (χ0n) is 17.7. The average Bonchev–Trinajstić information content (AvgIpc) is 2.70. The number of nitrogens with zero attached hydrogens (tertiary/aromatic N) is 2. The first-order chi connectivity index (χ1) is 14.6. The number of thioether (sulfide) groups is 1. The van der Waals surface area contributed by atoms with Gasteiger partial charge in [0.2, 0.25) is 10.0 Å². The van der Waals surface area contributed by atoms with Crippen LogP contribution in [0.2, 0.25) is 0 Å². The van der Waals surface area contributed by atoms with Gasteiger partial charge in [-0.05, 0) is 48.7 Å². The van der Waals surface area contributed by atoms with E-state index in [9.17, 15) is 18.0 Å². The van der Waals surface area contributed by atoms with Crippen molar-refractivity contribution in [2.75, 3.05) is 16.7 Å². The number of aromatic nitrogens is 2. The lowest BCUT2D eigenvalue weighted by atomic mass is 10.1. The minimum absolute atomic E-state index is 0.0996. The molecule has 0 spiro atoms. The van der Waals surface area contributed by atoms with Gasteiger partial charge in [-0.1, -0.05) is 37.7 Å². The van der Waals surface area contributed by atoms with Gasteiger partial charge in [-0.3, -0.25) is 18.9 Å². The smallest absolute Gasteiger partial charge is 0.262 e. The Morgan fingerprint density at radius 2 is 1.81 bits per heavy atom. The topological polar surface area (TPSA) is 98.1 Å². The van der Waals surface area contributed by atoms with Crippen molar-refractivity contribution in [2.24, 2.45) is 5.92 Å². The number of hydrogen-bond donors (Lipinski definition) is 1. The zero-order valence-corrected chi connectivity index (χ0v) is 19.3. The van der Waals surface area contributed by atoms with Gasteiger partial charge in [-0.2, -0.15) is 0 Å². The molecule has 3 rings (SSSR count). The first kappa shape index (κ1) is 23.0. The van der Waals surface area contributed by atoms with Gasteiger partial charge in [0.1, 0.15) is 0 Å². The fourth-order valence-electron chi connectivity index (χ4n) is 2.99. The molecule has 1 aromatic heterocycles. The van der Waals surface area contributed by atoms with Crippen LogP contribution in [-0.2, 0) is 16.6 Å². The lowest BCUT2D eigenvalue weighted by Gasteiger charge is -2.14. The maximum Gasteiger partial charge on any atom is 0.262 e. The maximum atomic E-state index is 13.0. The summed E-state index contributed by atoms with van der Waals surface area (Å²) in [6.07, 6.45) is 1.90. The second kappa shape index (κ2) is 9.65. The van der Waals surface area contributed by atoms with Crippen LogP contribution in [0, 0.1) is 5.92 Å². The molecule has 3 aromatic rings. The summed E-state index contributed by atoms with van der Waals surface area (Å²) in [7, 11) is -3.37. The molecule has 0 amide bonds. The van der Waals surface area contributed by atoms with E-state index in [1.807, 2.05) is 12.1 Å². The van der Waals surface area contributed by atoms with Crippen LogP contribution >= 0.6 is 11.8 Å². The summed E-state index contributed by atoms with van der Waals surface area (Å²) in [6.45, 7) is 4.73. The normalized spacial score (nSPS) is 11.7. The molecule has 2 aromatic carbocycles. The number of sulfonamides is 1. The molecule has 0 unspecified atom stereocenters. The molecule has 0 aliphatic carbocycles. The third-order valence-corrected chi connectivity index (χ3v) is 6.18. The summed E-state index contributed by atoms with van der Waals surface area (Å²) in [5.41, 5.74) is 1.37. The van der Waals surface area contributed by atoms with Crippen molar-refractivity contribution in [3.8, 4) is 0 Å². The summed E-state index contributed by atoms with van der Waals surface area (Å²) in [5.74, 6) is 0.413. The van der Waals surface area contributed by atoms with E-state index in [0.29, 0.717) is 39.8 Å². The monoisotopic (exact) mass is 459 g/mol. The largest absolute Gasteiger partial charge is 0.293 e. The second-order valence-electron chi connectivity index (χ2n) is 7.71. The Morgan fingerprint density at radius 1 is 1.13 bits per heavy atom. The van der Waals surface area contributed by atoms with E-state index in [1.54, 1.807) is 41.0 Å². The van der Waals surface area contributed by atoms with Gasteiger partial charge in [-0.15, -0.1) is 0 Å². The van der Waals surface area contributed by atoms with E-state index in [0.717, 1.165) is 12.7 Å². The van der Waals surface area contributed by atoms with Crippen LogP contribution < -0.4 is 10.3 Å². The Kier molecular flexibility index (Phi) is 7.17. The number of para-hydroxylation sites is 1. The molecular weight excluding hydrogens is 434 g/mol. The second-order valence-corrected chi connectivity index (χ2v) is 10.4. The number of anilines is 1. The van der Waals surface area contributed by atoms with Crippen LogP contribution in [0.25, 0.3) is 10.9 Å². The first-order valence-corrected chi connectivity index (χ1v) is 12.7. The number of rotatable bonds is 9. The average molecular weight is 460 g/mol. The maximum absolute atomic E-state index is 13.0. The number of Topliss-reactive ketones (excluding diaryl/α,β-unsaturated/α-hetero) is 1. The predicted molar refractivity (Wildman–Crippen MR) is 125 cm³/mol. The van der Waals surface area contributed by atoms with E-state index >= 15 is 0 Å². The minimum atomic E-state index is -3.37. The van der Waals surface area contributed by atoms with Crippen LogP contribution in [0.3, 0.4) is 0 Å². The summed E-state index contributed by atoms with van der Waals surface area (Å²) in [6, 6.07) is 13.5. The summed E-state index contributed by atoms with van der Waals surface area (Å²) in [4.78, 5) is 30.3. The Morgan fingerprint density at radius 3 is 2.45 bits per heavy atom. The van der Waals surface area contributed by atoms with Crippen LogP contribution in [-0.4, -0.2) is 35.8 Å². The van der Waals surface area contributed by atoms with Crippen molar-refractivity contribution >= 4 is 44.2 Å².